The molecule has 0 radical (unpaired) electrons. The second-order valence-corrected chi connectivity index (χ2v) is 5.20. The van der Waals surface area contributed by atoms with Crippen molar-refractivity contribution in [1.82, 2.24) is 10.2 Å². The molecule has 4 nitrogen and oxygen atoms in total. The van der Waals surface area contributed by atoms with Crippen LogP contribution in [0.25, 0.3) is 0 Å². The zero-order valence-electron chi connectivity index (χ0n) is 11.9. The van der Waals surface area contributed by atoms with Gasteiger partial charge in [0, 0.05) is 12.6 Å². The summed E-state index contributed by atoms with van der Waals surface area (Å²) in [6.07, 6.45) is 5.84. The molecule has 1 aliphatic heterocycles. The summed E-state index contributed by atoms with van der Waals surface area (Å²) in [5.41, 5.74) is 0. The molecule has 4 heteroatoms. The topological polar surface area (TPSA) is 49.4 Å². The molecule has 0 aromatic rings. The Morgan fingerprint density at radius 1 is 1.28 bits per heavy atom. The van der Waals surface area contributed by atoms with Crippen LogP contribution in [0.2, 0.25) is 0 Å². The molecular weight excluding hydrogens is 228 g/mol. The highest BCUT2D eigenvalue weighted by molar-refractivity contribution is 6.05. The summed E-state index contributed by atoms with van der Waals surface area (Å²) in [7, 11) is 0. The van der Waals surface area contributed by atoms with Crippen molar-refractivity contribution in [3.8, 4) is 0 Å². The van der Waals surface area contributed by atoms with Crippen molar-refractivity contribution in [3.05, 3.63) is 0 Å². The Kier molecular flexibility index (Phi) is 6.33. The van der Waals surface area contributed by atoms with Crippen molar-refractivity contribution in [1.29, 1.82) is 0 Å². The summed E-state index contributed by atoms with van der Waals surface area (Å²) in [4.78, 5) is 25.1. The van der Waals surface area contributed by atoms with Crippen LogP contribution >= 0.6 is 0 Å². The van der Waals surface area contributed by atoms with Crippen LogP contribution in [0.5, 0.6) is 0 Å². The van der Waals surface area contributed by atoms with Crippen molar-refractivity contribution < 1.29 is 9.59 Å². The van der Waals surface area contributed by atoms with Gasteiger partial charge in [0.1, 0.15) is 0 Å². The number of hydrogen-bond donors (Lipinski definition) is 1. The van der Waals surface area contributed by atoms with E-state index in [2.05, 4.69) is 19.2 Å². The number of unbranched alkanes of at least 4 members (excludes halogenated alkanes) is 2. The van der Waals surface area contributed by atoms with Crippen LogP contribution in [0.4, 0.5) is 0 Å². The zero-order valence-corrected chi connectivity index (χ0v) is 11.9. The van der Waals surface area contributed by atoms with Gasteiger partial charge in [-0.3, -0.25) is 14.5 Å². The van der Waals surface area contributed by atoms with E-state index in [4.69, 9.17) is 0 Å². The highest BCUT2D eigenvalue weighted by Gasteiger charge is 2.38. The normalized spacial score (nSPS) is 21.7. The number of rotatable bonds is 8. The minimum atomic E-state index is -0.291. The standard InChI is InChI=1S/C14H26N2O2/c1-4-6-7-8-11(3)15-12-10-13(17)16(9-5-2)14(12)18/h11-12,15H,4-10H2,1-3H3. The SMILES string of the molecule is CCCCCC(C)NC1CC(=O)N(CCC)C1=O. The van der Waals surface area contributed by atoms with Crippen LogP contribution in [0.1, 0.15) is 59.3 Å². The molecule has 0 spiro atoms. The lowest BCUT2D eigenvalue weighted by molar-refractivity contribution is -0.138. The number of carbonyl (C=O) groups is 2. The molecule has 2 unspecified atom stereocenters. The molecule has 2 amide bonds. The van der Waals surface area contributed by atoms with Gasteiger partial charge in [-0.05, 0) is 19.8 Å². The van der Waals surface area contributed by atoms with Gasteiger partial charge < -0.3 is 5.32 Å². The third kappa shape index (κ3) is 4.09. The van der Waals surface area contributed by atoms with Gasteiger partial charge in [0.05, 0.1) is 12.5 Å². The lowest BCUT2D eigenvalue weighted by Gasteiger charge is -2.18. The number of carbonyl (C=O) groups excluding carboxylic acids is 2. The largest absolute Gasteiger partial charge is 0.303 e. The molecule has 1 rings (SSSR count). The third-order valence-corrected chi connectivity index (χ3v) is 3.42. The molecule has 0 aliphatic carbocycles. The summed E-state index contributed by atoms with van der Waals surface area (Å²) in [5, 5.41) is 3.29. The van der Waals surface area contributed by atoms with Crippen molar-refractivity contribution >= 4 is 11.8 Å². The minimum Gasteiger partial charge on any atom is -0.303 e. The van der Waals surface area contributed by atoms with Gasteiger partial charge >= 0.3 is 0 Å². The van der Waals surface area contributed by atoms with Crippen LogP contribution in [0.15, 0.2) is 0 Å². The average Bonchev–Trinajstić information content (AvgIpc) is 2.58. The first kappa shape index (κ1) is 15.2. The molecule has 0 saturated carbocycles. The Morgan fingerprint density at radius 3 is 2.61 bits per heavy atom. The van der Waals surface area contributed by atoms with Crippen LogP contribution in [-0.2, 0) is 9.59 Å². The Balaban J connectivity index is 2.39. The van der Waals surface area contributed by atoms with Gasteiger partial charge in [-0.1, -0.05) is 33.1 Å². The lowest BCUT2D eigenvalue weighted by Crippen LogP contribution is -2.42. The molecule has 1 fully saturated rings. The summed E-state index contributed by atoms with van der Waals surface area (Å²) in [6, 6.07) is 0.0144. The Labute approximate surface area is 110 Å². The first-order valence-corrected chi connectivity index (χ1v) is 7.20. The molecule has 1 heterocycles. The van der Waals surface area contributed by atoms with E-state index in [1.807, 2.05) is 6.92 Å². The molecule has 1 N–H and O–H groups in total. The van der Waals surface area contributed by atoms with Gasteiger partial charge in [0.2, 0.25) is 11.8 Å². The van der Waals surface area contributed by atoms with Crippen LogP contribution < -0.4 is 5.32 Å². The third-order valence-electron chi connectivity index (χ3n) is 3.42. The smallest absolute Gasteiger partial charge is 0.246 e. The number of hydrogen-bond acceptors (Lipinski definition) is 3. The molecule has 0 aromatic carbocycles. The molecular formula is C14H26N2O2. The Morgan fingerprint density at radius 2 is 2.00 bits per heavy atom. The Bertz CT molecular complexity index is 292. The van der Waals surface area contributed by atoms with Crippen molar-refractivity contribution in [3.63, 3.8) is 0 Å². The molecule has 0 aromatic heterocycles. The molecule has 1 aliphatic rings. The highest BCUT2D eigenvalue weighted by Crippen LogP contribution is 2.15. The second kappa shape index (κ2) is 7.52. The van der Waals surface area contributed by atoms with Gasteiger partial charge in [0.25, 0.3) is 0 Å². The predicted molar refractivity (Wildman–Crippen MR) is 72.2 cm³/mol. The van der Waals surface area contributed by atoms with E-state index in [0.717, 1.165) is 12.8 Å². The molecule has 18 heavy (non-hydrogen) atoms. The number of likely N-dealkylation sites (tertiary alicyclic amines) is 1. The number of nitrogens with one attached hydrogen (secondary N) is 1. The summed E-state index contributed by atoms with van der Waals surface area (Å²) >= 11 is 0. The monoisotopic (exact) mass is 254 g/mol. The molecule has 2 atom stereocenters. The van der Waals surface area contributed by atoms with Gasteiger partial charge in [0.15, 0.2) is 0 Å². The number of nitrogens with zero attached hydrogens (tertiary/aromatic N) is 1. The second-order valence-electron chi connectivity index (χ2n) is 5.20. The van der Waals surface area contributed by atoms with Crippen LogP contribution in [0, 0.1) is 0 Å². The fraction of sp³-hybridized carbons (Fsp3) is 0.857. The lowest BCUT2D eigenvalue weighted by atomic mass is 10.1. The first-order valence-electron chi connectivity index (χ1n) is 7.20. The average molecular weight is 254 g/mol. The summed E-state index contributed by atoms with van der Waals surface area (Å²) < 4.78 is 0. The molecule has 1 saturated heterocycles. The maximum absolute atomic E-state index is 12.0. The minimum absolute atomic E-state index is 0.0277. The van der Waals surface area contributed by atoms with E-state index in [9.17, 15) is 9.59 Å². The summed E-state index contributed by atoms with van der Waals surface area (Å²) in [5.74, 6) is -0.0655. The number of imide groups is 1. The van der Waals surface area contributed by atoms with E-state index in [1.54, 1.807) is 0 Å². The van der Waals surface area contributed by atoms with E-state index < -0.39 is 0 Å². The zero-order chi connectivity index (χ0) is 13.5. The van der Waals surface area contributed by atoms with Crippen LogP contribution in [-0.4, -0.2) is 35.3 Å². The van der Waals surface area contributed by atoms with Gasteiger partial charge in [-0.15, -0.1) is 0 Å². The van der Waals surface area contributed by atoms with Gasteiger partial charge in [-0.25, -0.2) is 0 Å². The number of amides is 2. The first-order chi connectivity index (χ1) is 8.60. The molecule has 104 valence electrons. The maximum Gasteiger partial charge on any atom is 0.246 e. The Hall–Kier alpha value is -0.900. The van der Waals surface area contributed by atoms with Crippen molar-refractivity contribution in [2.75, 3.05) is 6.54 Å². The summed E-state index contributed by atoms with van der Waals surface area (Å²) in [6.45, 7) is 6.81. The fourth-order valence-corrected chi connectivity index (χ4v) is 2.40. The highest BCUT2D eigenvalue weighted by atomic mass is 16.2. The maximum atomic E-state index is 12.0. The van der Waals surface area contributed by atoms with Crippen molar-refractivity contribution in [2.24, 2.45) is 0 Å². The van der Waals surface area contributed by atoms with E-state index in [0.29, 0.717) is 19.0 Å². The van der Waals surface area contributed by atoms with E-state index in [-0.39, 0.29) is 17.9 Å². The van der Waals surface area contributed by atoms with E-state index >= 15 is 0 Å². The molecule has 0 bridgehead atoms. The fourth-order valence-electron chi connectivity index (χ4n) is 2.40. The van der Waals surface area contributed by atoms with E-state index in [1.165, 1.54) is 24.2 Å². The van der Waals surface area contributed by atoms with Gasteiger partial charge in [-0.2, -0.15) is 0 Å². The predicted octanol–water partition coefficient (Wildman–Crippen LogP) is 2.08. The van der Waals surface area contributed by atoms with Crippen LogP contribution in [0.3, 0.4) is 0 Å². The quantitative estimate of drug-likeness (QED) is 0.533. The van der Waals surface area contributed by atoms with Crippen molar-refractivity contribution in [2.45, 2.75) is 71.4 Å².